The first-order chi connectivity index (χ1) is 17.7. The smallest absolute Gasteiger partial charge is 0.230 e. The van der Waals surface area contributed by atoms with Gasteiger partial charge in [-0.25, -0.2) is 4.98 Å². The summed E-state index contributed by atoms with van der Waals surface area (Å²) >= 11 is 1.21. The molecule has 0 saturated heterocycles. The maximum atomic E-state index is 13.1. The number of hydrogen-bond acceptors (Lipinski definition) is 6. The van der Waals surface area contributed by atoms with Gasteiger partial charge in [-0.05, 0) is 85.7 Å². The van der Waals surface area contributed by atoms with Crippen molar-refractivity contribution in [2.45, 2.75) is 76.3 Å². The molecule has 37 heavy (non-hydrogen) atoms. The Labute approximate surface area is 224 Å². The molecule has 1 atom stereocenters. The van der Waals surface area contributed by atoms with Crippen LogP contribution in [0.15, 0.2) is 29.3 Å². The normalized spacial score (nSPS) is 26.5. The summed E-state index contributed by atoms with van der Waals surface area (Å²) in [5.74, 6) is 3.04. The number of aromatic nitrogens is 1. The van der Waals surface area contributed by atoms with Crippen molar-refractivity contribution in [1.82, 2.24) is 10.3 Å². The molecule has 4 saturated carbocycles. The first kappa shape index (κ1) is 25.6. The zero-order valence-electron chi connectivity index (χ0n) is 21.9. The van der Waals surface area contributed by atoms with Crippen molar-refractivity contribution in [3.05, 3.63) is 41.0 Å². The molecule has 6 nitrogen and oxygen atoms in total. The number of carbonyl (C=O) groups is 1. The molecule has 0 radical (unpaired) electrons. The maximum absolute atomic E-state index is 13.1. The maximum Gasteiger partial charge on any atom is 0.230 e. The molecule has 0 spiro atoms. The standard InChI is InChI=1S/C30H35N5OS/c1-17(2)22-4-6-23(7-5-22)27-24(14-31)28(33)35-29(25(27)15-32)37-16-26(36)34-18(3)30-11-19-8-20(12-30)10-21(9-19)13-30/h4-7,17-21H,8-13,16H2,1-3H3,(H2,33,35)(H,34,36). The number of carbonyl (C=O) groups excluding carboxylic acids is 1. The van der Waals surface area contributed by atoms with Crippen molar-refractivity contribution in [3.8, 4) is 23.3 Å². The predicted octanol–water partition coefficient (Wildman–Crippen LogP) is 6.01. The van der Waals surface area contributed by atoms with E-state index in [1.54, 1.807) is 0 Å². The van der Waals surface area contributed by atoms with Crippen molar-refractivity contribution < 1.29 is 4.79 Å². The van der Waals surface area contributed by atoms with Crippen LogP contribution in [0, 0.1) is 45.8 Å². The minimum atomic E-state index is -0.0512. The lowest BCUT2D eigenvalue weighted by Crippen LogP contribution is -2.56. The van der Waals surface area contributed by atoms with Gasteiger partial charge < -0.3 is 11.1 Å². The molecule has 1 heterocycles. The average Bonchev–Trinajstić information content (AvgIpc) is 2.86. The monoisotopic (exact) mass is 513 g/mol. The molecule has 3 N–H and O–H groups in total. The first-order valence-electron chi connectivity index (χ1n) is 13.4. The molecule has 4 fully saturated rings. The first-order valence-corrected chi connectivity index (χ1v) is 14.4. The van der Waals surface area contributed by atoms with Gasteiger partial charge in [0.25, 0.3) is 0 Å². The Morgan fingerprint density at radius 2 is 1.62 bits per heavy atom. The van der Waals surface area contributed by atoms with E-state index < -0.39 is 0 Å². The SMILES string of the molecule is CC(C)c1ccc(-c2c(C#N)c(N)nc(SCC(=O)NC(C)C34CC5CC(CC(C5)C3)C4)c2C#N)cc1. The summed E-state index contributed by atoms with van der Waals surface area (Å²) < 4.78 is 0. The van der Waals surface area contributed by atoms with Gasteiger partial charge in [0.05, 0.1) is 11.3 Å². The Morgan fingerprint density at radius 1 is 1.05 bits per heavy atom. The van der Waals surface area contributed by atoms with E-state index in [0.29, 0.717) is 16.5 Å². The number of hydrogen-bond donors (Lipinski definition) is 2. The van der Waals surface area contributed by atoms with Gasteiger partial charge in [0.15, 0.2) is 0 Å². The third-order valence-corrected chi connectivity index (χ3v) is 9.98. The summed E-state index contributed by atoms with van der Waals surface area (Å²) in [6.07, 6.45) is 7.83. The molecule has 6 rings (SSSR count). The van der Waals surface area contributed by atoms with Crippen molar-refractivity contribution in [2.24, 2.45) is 23.2 Å². The Bertz CT molecular complexity index is 1250. The topological polar surface area (TPSA) is 116 Å². The summed E-state index contributed by atoms with van der Waals surface area (Å²) in [6.45, 7) is 6.41. The summed E-state index contributed by atoms with van der Waals surface area (Å²) in [6, 6.07) is 12.3. The van der Waals surface area contributed by atoms with Gasteiger partial charge in [-0.15, -0.1) is 0 Å². The molecule has 2 aromatic rings. The second-order valence-electron chi connectivity index (χ2n) is 11.8. The molecule has 1 aromatic heterocycles. The zero-order chi connectivity index (χ0) is 26.3. The van der Waals surface area contributed by atoms with Crippen LogP contribution in [0.5, 0.6) is 0 Å². The van der Waals surface area contributed by atoms with E-state index in [1.807, 2.05) is 24.3 Å². The minimum Gasteiger partial charge on any atom is -0.383 e. The number of anilines is 1. The van der Waals surface area contributed by atoms with Crippen LogP contribution in [0.25, 0.3) is 11.1 Å². The number of nitrogens with one attached hydrogen (secondary N) is 1. The van der Waals surface area contributed by atoms with Gasteiger partial charge in [-0.3, -0.25) is 4.79 Å². The predicted molar refractivity (Wildman–Crippen MR) is 147 cm³/mol. The number of rotatable bonds is 7. The highest BCUT2D eigenvalue weighted by atomic mass is 32.2. The molecule has 4 aliphatic carbocycles. The molecule has 0 aliphatic heterocycles. The van der Waals surface area contributed by atoms with E-state index in [0.717, 1.165) is 23.3 Å². The van der Waals surface area contributed by atoms with E-state index in [1.165, 1.54) is 55.9 Å². The number of nitrogens with two attached hydrogens (primary N) is 1. The molecule has 192 valence electrons. The molecule has 4 bridgehead atoms. The fourth-order valence-electron chi connectivity index (χ4n) is 7.50. The lowest BCUT2D eigenvalue weighted by Gasteiger charge is -2.59. The lowest BCUT2D eigenvalue weighted by molar-refractivity contribution is -0.123. The Morgan fingerprint density at radius 3 is 2.14 bits per heavy atom. The van der Waals surface area contributed by atoms with Gasteiger partial charge in [-0.2, -0.15) is 10.5 Å². The quantitative estimate of drug-likeness (QED) is 0.438. The summed E-state index contributed by atoms with van der Waals surface area (Å²) in [7, 11) is 0. The minimum absolute atomic E-state index is 0.0512. The lowest BCUT2D eigenvalue weighted by atomic mass is 9.48. The molecule has 1 aromatic carbocycles. The van der Waals surface area contributed by atoms with Crippen molar-refractivity contribution in [2.75, 3.05) is 11.5 Å². The van der Waals surface area contributed by atoms with Gasteiger partial charge in [0, 0.05) is 11.6 Å². The van der Waals surface area contributed by atoms with E-state index in [-0.39, 0.29) is 40.1 Å². The van der Waals surface area contributed by atoms with E-state index in [9.17, 15) is 15.3 Å². The van der Waals surface area contributed by atoms with E-state index >= 15 is 0 Å². The van der Waals surface area contributed by atoms with Crippen LogP contribution in [0.3, 0.4) is 0 Å². The Balaban J connectivity index is 1.34. The van der Waals surface area contributed by atoms with Crippen molar-refractivity contribution >= 4 is 23.5 Å². The fraction of sp³-hybridized carbons (Fsp3) is 0.533. The van der Waals surface area contributed by atoms with Crippen LogP contribution in [0.4, 0.5) is 5.82 Å². The molecular formula is C30H35N5OS. The number of thioether (sulfide) groups is 1. The van der Waals surface area contributed by atoms with E-state index in [2.05, 4.69) is 43.2 Å². The second kappa shape index (κ2) is 10.0. The highest BCUT2D eigenvalue weighted by Gasteiger charge is 2.53. The molecular weight excluding hydrogens is 478 g/mol. The average molecular weight is 514 g/mol. The van der Waals surface area contributed by atoms with Gasteiger partial charge in [0.2, 0.25) is 5.91 Å². The molecule has 7 heteroatoms. The number of amides is 1. The number of nitrogen functional groups attached to an aromatic ring is 1. The third-order valence-electron chi connectivity index (χ3n) is 9.00. The number of pyridine rings is 1. The number of benzene rings is 1. The Kier molecular flexibility index (Phi) is 6.94. The molecule has 1 amide bonds. The number of nitrogens with zero attached hydrogens (tertiary/aromatic N) is 3. The zero-order valence-corrected chi connectivity index (χ0v) is 22.7. The summed E-state index contributed by atoms with van der Waals surface area (Å²) in [5, 5.41) is 23.5. The Hall–Kier alpha value is -3.03. The van der Waals surface area contributed by atoms with Crippen LogP contribution in [-0.4, -0.2) is 22.7 Å². The molecule has 4 aliphatic rings. The van der Waals surface area contributed by atoms with Crippen LogP contribution >= 0.6 is 11.8 Å². The van der Waals surface area contributed by atoms with Crippen LogP contribution < -0.4 is 11.1 Å². The number of nitriles is 2. The largest absolute Gasteiger partial charge is 0.383 e. The summed E-state index contributed by atoms with van der Waals surface area (Å²) in [4.78, 5) is 17.4. The van der Waals surface area contributed by atoms with Crippen molar-refractivity contribution in [3.63, 3.8) is 0 Å². The highest BCUT2D eigenvalue weighted by Crippen LogP contribution is 2.61. The highest BCUT2D eigenvalue weighted by molar-refractivity contribution is 8.00. The fourth-order valence-corrected chi connectivity index (χ4v) is 8.31. The van der Waals surface area contributed by atoms with Gasteiger partial charge in [0.1, 0.15) is 28.5 Å². The van der Waals surface area contributed by atoms with Crippen LogP contribution in [0.2, 0.25) is 0 Å². The van der Waals surface area contributed by atoms with Crippen LogP contribution in [0.1, 0.15) is 81.9 Å². The van der Waals surface area contributed by atoms with Crippen molar-refractivity contribution in [1.29, 1.82) is 10.5 Å². The van der Waals surface area contributed by atoms with Crippen LogP contribution in [-0.2, 0) is 4.79 Å². The second-order valence-corrected chi connectivity index (χ2v) is 12.7. The van der Waals surface area contributed by atoms with Gasteiger partial charge in [-0.1, -0.05) is 49.9 Å². The van der Waals surface area contributed by atoms with E-state index in [4.69, 9.17) is 5.73 Å². The summed E-state index contributed by atoms with van der Waals surface area (Å²) in [5.41, 5.74) is 9.28. The molecule has 1 unspecified atom stereocenters. The third kappa shape index (κ3) is 4.82. The van der Waals surface area contributed by atoms with Gasteiger partial charge >= 0.3 is 0 Å².